The molecule has 0 spiro atoms. The highest BCUT2D eigenvalue weighted by Crippen LogP contribution is 2.25. The molecule has 1 heterocycles. The summed E-state index contributed by atoms with van der Waals surface area (Å²) < 4.78 is 32.7. The minimum atomic E-state index is -0.480. The van der Waals surface area contributed by atoms with E-state index in [1.807, 2.05) is 11.0 Å². The van der Waals surface area contributed by atoms with Gasteiger partial charge < -0.3 is 25.0 Å². The van der Waals surface area contributed by atoms with Crippen molar-refractivity contribution in [3.05, 3.63) is 75.6 Å². The van der Waals surface area contributed by atoms with Crippen molar-refractivity contribution >= 4 is 29.2 Å². The van der Waals surface area contributed by atoms with E-state index in [1.165, 1.54) is 18.6 Å². The summed E-state index contributed by atoms with van der Waals surface area (Å²) in [7, 11) is 0. The van der Waals surface area contributed by atoms with Crippen LogP contribution in [0.1, 0.15) is 49.7 Å². The van der Waals surface area contributed by atoms with E-state index >= 15 is 0 Å². The molecule has 1 saturated carbocycles. The summed E-state index contributed by atoms with van der Waals surface area (Å²) in [5.74, 6) is -0.841. The number of phenols is 1. The van der Waals surface area contributed by atoms with Crippen molar-refractivity contribution in [2.24, 2.45) is 0 Å². The van der Waals surface area contributed by atoms with Crippen molar-refractivity contribution in [2.75, 3.05) is 32.8 Å². The van der Waals surface area contributed by atoms with Gasteiger partial charge in [0, 0.05) is 30.6 Å². The summed E-state index contributed by atoms with van der Waals surface area (Å²) in [6.45, 7) is 2.39. The van der Waals surface area contributed by atoms with Crippen LogP contribution in [0.2, 0.25) is 0 Å². The molecule has 1 fully saturated rings. The number of H-pyrrole nitrogens is 1. The van der Waals surface area contributed by atoms with Crippen LogP contribution in [0.3, 0.4) is 0 Å². The number of nitrogens with one attached hydrogen (secondary N) is 2. The Kier molecular flexibility index (Phi) is 12.4. The van der Waals surface area contributed by atoms with Crippen molar-refractivity contribution in [1.82, 2.24) is 15.2 Å². The lowest BCUT2D eigenvalue weighted by molar-refractivity contribution is -0.135. The Morgan fingerprint density at radius 2 is 1.80 bits per heavy atom. The van der Waals surface area contributed by atoms with Gasteiger partial charge in [0.25, 0.3) is 0 Å². The Hall–Kier alpha value is -3.01. The van der Waals surface area contributed by atoms with Crippen molar-refractivity contribution in [3.8, 4) is 5.75 Å². The zero-order valence-electron chi connectivity index (χ0n) is 22.6. The molecule has 0 radical (unpaired) electrons. The average molecular weight is 578 g/mol. The number of rotatable bonds is 13. The predicted molar refractivity (Wildman–Crippen MR) is 154 cm³/mol. The largest absolute Gasteiger partial charge is 0.506 e. The zero-order chi connectivity index (χ0) is 27.6. The van der Waals surface area contributed by atoms with Crippen LogP contribution in [0.5, 0.6) is 5.75 Å². The molecular weight excluding hydrogens is 540 g/mol. The number of phenolic OH excluding ortho intramolecular Hbond substituents is 1. The van der Waals surface area contributed by atoms with Crippen LogP contribution in [0.4, 0.5) is 8.78 Å². The molecule has 1 amide bonds. The number of ether oxygens (including phenoxy) is 1. The second-order valence-electron chi connectivity index (χ2n) is 10.1. The van der Waals surface area contributed by atoms with Crippen LogP contribution in [-0.2, 0) is 22.4 Å². The van der Waals surface area contributed by atoms with E-state index in [0.717, 1.165) is 48.8 Å². The minimum absolute atomic E-state index is 0. The molecule has 7 nitrogen and oxygen atoms in total. The van der Waals surface area contributed by atoms with Gasteiger partial charge >= 0.3 is 0 Å². The number of aromatic amines is 1. The number of aromatic nitrogens is 1. The van der Waals surface area contributed by atoms with Gasteiger partial charge in [-0.2, -0.15) is 0 Å². The quantitative estimate of drug-likeness (QED) is 0.252. The van der Waals surface area contributed by atoms with Gasteiger partial charge in [-0.3, -0.25) is 9.59 Å². The van der Waals surface area contributed by atoms with E-state index in [-0.39, 0.29) is 67.3 Å². The van der Waals surface area contributed by atoms with Gasteiger partial charge in [-0.05, 0) is 73.7 Å². The number of pyridine rings is 1. The van der Waals surface area contributed by atoms with Gasteiger partial charge in [0.2, 0.25) is 11.5 Å². The average Bonchev–Trinajstić information content (AvgIpc) is 2.94. The number of nitrogens with zero attached hydrogens (tertiary/aromatic N) is 1. The fourth-order valence-corrected chi connectivity index (χ4v) is 5.29. The third-order valence-electron chi connectivity index (χ3n) is 7.38. The predicted octanol–water partition coefficient (Wildman–Crippen LogP) is 4.88. The second-order valence-corrected chi connectivity index (χ2v) is 10.1. The van der Waals surface area contributed by atoms with Gasteiger partial charge in [-0.1, -0.05) is 25.3 Å². The number of hydrogen-bond acceptors (Lipinski definition) is 5. The first kappa shape index (κ1) is 31.5. The second kappa shape index (κ2) is 15.7. The van der Waals surface area contributed by atoms with Crippen LogP contribution in [0, 0.1) is 11.6 Å². The molecular formula is C30H38ClF2N3O4. The number of carbonyl (C=O) groups is 1. The summed E-state index contributed by atoms with van der Waals surface area (Å²) in [6.07, 6.45) is 6.65. The molecule has 4 rings (SSSR count). The smallest absolute Gasteiger partial charge is 0.248 e. The number of halogens is 3. The summed E-state index contributed by atoms with van der Waals surface area (Å²) in [5.41, 5.74) is 1.47. The van der Waals surface area contributed by atoms with E-state index < -0.39 is 11.6 Å². The first-order chi connectivity index (χ1) is 18.9. The Labute approximate surface area is 239 Å². The summed E-state index contributed by atoms with van der Waals surface area (Å²) >= 11 is 0. The molecule has 3 N–H and O–H groups in total. The highest BCUT2D eigenvalue weighted by Gasteiger charge is 2.24. The van der Waals surface area contributed by atoms with Crippen molar-refractivity contribution < 1.29 is 23.4 Å². The maximum Gasteiger partial charge on any atom is 0.248 e. The molecule has 0 atom stereocenters. The van der Waals surface area contributed by atoms with Crippen LogP contribution in [-0.4, -0.2) is 59.8 Å². The number of amides is 1. The number of hydrogen-bond donors (Lipinski definition) is 3. The fourth-order valence-electron chi connectivity index (χ4n) is 5.29. The topological polar surface area (TPSA) is 94.7 Å². The Morgan fingerprint density at radius 1 is 1.00 bits per heavy atom. The summed E-state index contributed by atoms with van der Waals surface area (Å²) in [6, 6.07) is 10.2. The molecule has 2 aromatic carbocycles. The fraction of sp³-hybridized carbons (Fsp3) is 0.467. The summed E-state index contributed by atoms with van der Waals surface area (Å²) in [4.78, 5) is 29.4. The van der Waals surface area contributed by atoms with Gasteiger partial charge in [0.15, 0.2) is 0 Å². The molecule has 218 valence electrons. The van der Waals surface area contributed by atoms with E-state index in [1.54, 1.807) is 12.1 Å². The minimum Gasteiger partial charge on any atom is -0.506 e. The van der Waals surface area contributed by atoms with Crippen molar-refractivity contribution in [2.45, 2.75) is 57.4 Å². The molecule has 10 heteroatoms. The van der Waals surface area contributed by atoms with Gasteiger partial charge in [-0.15, -0.1) is 12.4 Å². The lowest BCUT2D eigenvalue weighted by Gasteiger charge is -2.34. The first-order valence-electron chi connectivity index (χ1n) is 13.8. The van der Waals surface area contributed by atoms with Crippen molar-refractivity contribution in [3.63, 3.8) is 0 Å². The van der Waals surface area contributed by atoms with E-state index in [0.29, 0.717) is 31.6 Å². The Balaban J connectivity index is 0.00000441. The SMILES string of the molecule is Cl.O=C(CCOCCc1cc(F)ccc1F)N(CCNCCc1ccc(O)c2[nH]c(=O)ccc12)C1CCCCC1. The standard InChI is InChI=1S/C30H37F2N3O4.ClH/c31-23-7-9-26(32)22(20-23)13-18-39-19-14-29(38)35(24-4-2-1-3-5-24)17-16-33-15-12-21-6-10-27(36)30-25(21)8-11-28(37)34-30;/h6-11,20,24,33,36H,1-5,12-19H2,(H,34,37);1H. The molecule has 40 heavy (non-hydrogen) atoms. The highest BCUT2D eigenvalue weighted by atomic mass is 35.5. The number of fused-ring (bicyclic) bond motifs is 1. The van der Waals surface area contributed by atoms with E-state index in [2.05, 4.69) is 10.3 Å². The van der Waals surface area contributed by atoms with Crippen LogP contribution in [0.15, 0.2) is 47.3 Å². The highest BCUT2D eigenvalue weighted by molar-refractivity contribution is 5.87. The molecule has 0 unspecified atom stereocenters. The lowest BCUT2D eigenvalue weighted by atomic mass is 9.94. The summed E-state index contributed by atoms with van der Waals surface area (Å²) in [5, 5.41) is 14.3. The molecule has 3 aromatic rings. The third kappa shape index (κ3) is 8.74. The Morgan fingerprint density at radius 3 is 2.60 bits per heavy atom. The third-order valence-corrected chi connectivity index (χ3v) is 7.38. The number of benzene rings is 2. The monoisotopic (exact) mass is 577 g/mol. The number of carbonyl (C=O) groups excluding carboxylic acids is 1. The molecule has 0 bridgehead atoms. The lowest BCUT2D eigenvalue weighted by Crippen LogP contribution is -2.45. The first-order valence-corrected chi connectivity index (χ1v) is 13.8. The molecule has 0 aliphatic heterocycles. The maximum atomic E-state index is 13.8. The van der Waals surface area contributed by atoms with E-state index in [9.17, 15) is 23.5 Å². The van der Waals surface area contributed by atoms with E-state index in [4.69, 9.17) is 4.74 Å². The van der Waals surface area contributed by atoms with Gasteiger partial charge in [-0.25, -0.2) is 8.78 Å². The van der Waals surface area contributed by atoms with Crippen molar-refractivity contribution in [1.29, 1.82) is 0 Å². The van der Waals surface area contributed by atoms with Crippen LogP contribution >= 0.6 is 12.4 Å². The zero-order valence-corrected chi connectivity index (χ0v) is 23.4. The van der Waals surface area contributed by atoms with Crippen LogP contribution in [0.25, 0.3) is 10.9 Å². The maximum absolute atomic E-state index is 13.8. The van der Waals surface area contributed by atoms with Gasteiger partial charge in [0.1, 0.15) is 17.4 Å². The molecule has 1 aliphatic rings. The van der Waals surface area contributed by atoms with Crippen LogP contribution < -0.4 is 10.9 Å². The molecule has 1 aromatic heterocycles. The molecule has 0 saturated heterocycles. The Bertz CT molecular complexity index is 1310. The molecule has 1 aliphatic carbocycles. The number of aromatic hydroxyl groups is 1. The van der Waals surface area contributed by atoms with Gasteiger partial charge in [0.05, 0.1) is 25.2 Å². The normalized spacial score (nSPS) is 13.8.